The van der Waals surface area contributed by atoms with Crippen LogP contribution in [0.1, 0.15) is 18.1 Å². The van der Waals surface area contributed by atoms with Gasteiger partial charge in [0.1, 0.15) is 11.5 Å². The van der Waals surface area contributed by atoms with Crippen molar-refractivity contribution in [2.75, 3.05) is 7.11 Å². The van der Waals surface area contributed by atoms with Crippen LogP contribution in [0.2, 0.25) is 0 Å². The summed E-state index contributed by atoms with van der Waals surface area (Å²) < 4.78 is 11.4. The van der Waals surface area contributed by atoms with E-state index in [4.69, 9.17) is 19.2 Å². The predicted octanol–water partition coefficient (Wildman–Crippen LogP) is 3.12. The molecule has 2 aliphatic heterocycles. The van der Waals surface area contributed by atoms with Gasteiger partial charge in [0.25, 0.3) is 0 Å². The fourth-order valence-corrected chi connectivity index (χ4v) is 2.89. The molecule has 2 heterocycles. The summed E-state index contributed by atoms with van der Waals surface area (Å²) in [6.07, 6.45) is 0. The minimum Gasteiger partial charge on any atom is -0.497 e. The zero-order valence-electron chi connectivity index (χ0n) is 11.3. The maximum Gasteiger partial charge on any atom is 0.302 e. The Hall–Kier alpha value is -2.04. The van der Waals surface area contributed by atoms with Crippen molar-refractivity contribution < 1.29 is 19.2 Å². The normalized spacial score (nSPS) is 29.9. The summed E-state index contributed by atoms with van der Waals surface area (Å²) in [6.45, 7) is 1.97. The Morgan fingerprint density at radius 1 is 1.00 bits per heavy atom. The molecule has 4 nitrogen and oxygen atoms in total. The molecule has 0 radical (unpaired) electrons. The second kappa shape index (κ2) is 3.75. The maximum atomic E-state index is 6.08. The number of methoxy groups -OCH3 is 1. The molecule has 2 aromatic carbocycles. The molecular weight excluding hydrogens is 256 g/mol. The zero-order chi connectivity index (χ0) is 13.8. The summed E-state index contributed by atoms with van der Waals surface area (Å²) >= 11 is 0. The van der Waals surface area contributed by atoms with Crippen LogP contribution in [0.5, 0.6) is 11.5 Å². The molecule has 2 aliphatic rings. The molecule has 2 atom stereocenters. The first-order valence-corrected chi connectivity index (χ1v) is 6.49. The van der Waals surface area contributed by atoms with E-state index in [1.165, 1.54) is 0 Å². The van der Waals surface area contributed by atoms with E-state index in [9.17, 15) is 0 Å². The van der Waals surface area contributed by atoms with Crippen molar-refractivity contribution in [3.8, 4) is 11.5 Å². The lowest BCUT2D eigenvalue weighted by Crippen LogP contribution is -2.60. The van der Waals surface area contributed by atoms with Gasteiger partial charge in [0, 0.05) is 11.1 Å². The van der Waals surface area contributed by atoms with Gasteiger partial charge < -0.3 is 9.47 Å². The Labute approximate surface area is 116 Å². The lowest BCUT2D eigenvalue weighted by atomic mass is 9.83. The highest BCUT2D eigenvalue weighted by Gasteiger charge is 2.71. The molecule has 102 valence electrons. The standard InChI is InChI=1S/C16H14O4/c1-15-13-8-3-4-9-14(13)18-16(15,20-19-15)11-6-5-7-12(10-11)17-2/h3-10H,1-2H3. The van der Waals surface area contributed by atoms with Gasteiger partial charge in [-0.1, -0.05) is 30.3 Å². The molecule has 2 unspecified atom stereocenters. The van der Waals surface area contributed by atoms with Gasteiger partial charge in [0.2, 0.25) is 5.60 Å². The Morgan fingerprint density at radius 2 is 1.85 bits per heavy atom. The molecule has 1 saturated heterocycles. The predicted molar refractivity (Wildman–Crippen MR) is 71.3 cm³/mol. The fraction of sp³-hybridized carbons (Fsp3) is 0.250. The van der Waals surface area contributed by atoms with Gasteiger partial charge in [0.15, 0.2) is 0 Å². The Kier molecular flexibility index (Phi) is 2.20. The smallest absolute Gasteiger partial charge is 0.302 e. The van der Waals surface area contributed by atoms with Crippen molar-refractivity contribution in [2.24, 2.45) is 0 Å². The molecule has 4 heteroatoms. The third-order valence-electron chi connectivity index (χ3n) is 4.06. The van der Waals surface area contributed by atoms with Crippen LogP contribution in [0.25, 0.3) is 0 Å². The molecular formula is C16H14O4. The summed E-state index contributed by atoms with van der Waals surface area (Å²) in [5.74, 6) is 0.607. The number of fused-ring (bicyclic) bond motifs is 3. The van der Waals surface area contributed by atoms with Gasteiger partial charge in [-0.25, -0.2) is 4.89 Å². The van der Waals surface area contributed by atoms with Crippen LogP contribution < -0.4 is 9.47 Å². The van der Waals surface area contributed by atoms with Gasteiger partial charge in [-0.05, 0) is 25.1 Å². The molecule has 4 rings (SSSR count). The van der Waals surface area contributed by atoms with Crippen LogP contribution >= 0.6 is 0 Å². The van der Waals surface area contributed by atoms with Crippen molar-refractivity contribution in [2.45, 2.75) is 18.3 Å². The zero-order valence-corrected chi connectivity index (χ0v) is 11.3. The molecule has 0 aromatic heterocycles. The molecule has 0 aliphatic carbocycles. The third kappa shape index (κ3) is 1.23. The Morgan fingerprint density at radius 3 is 2.60 bits per heavy atom. The topological polar surface area (TPSA) is 36.9 Å². The first-order chi connectivity index (χ1) is 9.69. The van der Waals surface area contributed by atoms with E-state index >= 15 is 0 Å². The fourth-order valence-electron chi connectivity index (χ4n) is 2.89. The lowest BCUT2D eigenvalue weighted by Gasteiger charge is -2.48. The van der Waals surface area contributed by atoms with Gasteiger partial charge in [-0.15, -0.1) is 0 Å². The number of rotatable bonds is 2. The van der Waals surface area contributed by atoms with Crippen LogP contribution in [0.4, 0.5) is 0 Å². The number of hydrogen-bond acceptors (Lipinski definition) is 4. The SMILES string of the molecule is COc1cccc(C23OOC2(C)c2ccccc2O3)c1. The number of hydrogen-bond donors (Lipinski definition) is 0. The first kappa shape index (κ1) is 11.8. The summed E-state index contributed by atoms with van der Waals surface area (Å²) in [5.41, 5.74) is 1.23. The second-order valence-corrected chi connectivity index (χ2v) is 5.15. The molecule has 0 N–H and O–H groups in total. The van der Waals surface area contributed by atoms with E-state index in [0.717, 1.165) is 22.6 Å². The highest BCUT2D eigenvalue weighted by Crippen LogP contribution is 2.62. The quantitative estimate of drug-likeness (QED) is 0.786. The summed E-state index contributed by atoms with van der Waals surface area (Å²) in [7, 11) is 1.64. The van der Waals surface area contributed by atoms with Crippen LogP contribution in [0, 0.1) is 0 Å². The van der Waals surface area contributed by atoms with E-state index < -0.39 is 11.4 Å². The molecule has 0 spiro atoms. The Bertz CT molecular complexity index is 684. The largest absolute Gasteiger partial charge is 0.497 e. The second-order valence-electron chi connectivity index (χ2n) is 5.15. The van der Waals surface area contributed by atoms with E-state index in [1.807, 2.05) is 55.5 Å². The minimum absolute atomic E-state index is 0.643. The summed E-state index contributed by atoms with van der Waals surface area (Å²) in [5, 5.41) is 0. The number of benzene rings is 2. The number of ether oxygens (including phenoxy) is 2. The Balaban J connectivity index is 1.87. The first-order valence-electron chi connectivity index (χ1n) is 6.49. The molecule has 1 fully saturated rings. The average molecular weight is 270 g/mol. The van der Waals surface area contributed by atoms with Gasteiger partial charge >= 0.3 is 5.79 Å². The third-order valence-corrected chi connectivity index (χ3v) is 4.06. The number of para-hydroxylation sites is 1. The van der Waals surface area contributed by atoms with Gasteiger partial charge in [0.05, 0.1) is 7.11 Å². The van der Waals surface area contributed by atoms with Gasteiger partial charge in [-0.3, -0.25) is 0 Å². The molecule has 2 aromatic rings. The monoisotopic (exact) mass is 270 g/mol. The highest BCUT2D eigenvalue weighted by molar-refractivity contribution is 5.49. The van der Waals surface area contributed by atoms with E-state index in [-0.39, 0.29) is 0 Å². The maximum absolute atomic E-state index is 6.08. The van der Waals surface area contributed by atoms with Crippen molar-refractivity contribution in [3.05, 3.63) is 59.7 Å². The van der Waals surface area contributed by atoms with Crippen molar-refractivity contribution >= 4 is 0 Å². The van der Waals surface area contributed by atoms with Crippen LogP contribution in [-0.2, 0) is 21.2 Å². The van der Waals surface area contributed by atoms with Crippen LogP contribution in [-0.4, -0.2) is 7.11 Å². The molecule has 0 amide bonds. The summed E-state index contributed by atoms with van der Waals surface area (Å²) in [4.78, 5) is 10.9. The van der Waals surface area contributed by atoms with Crippen LogP contribution in [0.15, 0.2) is 48.5 Å². The minimum atomic E-state index is -0.939. The lowest BCUT2D eigenvalue weighted by molar-refractivity contribution is -0.602. The van der Waals surface area contributed by atoms with Crippen molar-refractivity contribution in [1.29, 1.82) is 0 Å². The van der Waals surface area contributed by atoms with E-state index in [2.05, 4.69) is 0 Å². The molecule has 0 saturated carbocycles. The van der Waals surface area contributed by atoms with Gasteiger partial charge in [-0.2, -0.15) is 4.89 Å². The van der Waals surface area contributed by atoms with E-state index in [1.54, 1.807) is 7.11 Å². The van der Waals surface area contributed by atoms with Crippen molar-refractivity contribution in [1.82, 2.24) is 0 Å². The average Bonchev–Trinajstić information content (AvgIpc) is 2.67. The molecule has 20 heavy (non-hydrogen) atoms. The van der Waals surface area contributed by atoms with E-state index in [0.29, 0.717) is 0 Å². The highest BCUT2D eigenvalue weighted by atomic mass is 17.3. The van der Waals surface area contributed by atoms with Crippen LogP contribution in [0.3, 0.4) is 0 Å². The van der Waals surface area contributed by atoms with Crippen molar-refractivity contribution in [3.63, 3.8) is 0 Å². The molecule has 0 bridgehead atoms. The summed E-state index contributed by atoms with van der Waals surface area (Å²) in [6, 6.07) is 15.5.